The highest BCUT2D eigenvalue weighted by atomic mass is 35.5. The number of hydrogen-bond donors (Lipinski definition) is 2. The molecular weight excluding hydrogens is 562 g/mol. The maximum atomic E-state index is 12.0. The number of benzene rings is 4. The molecule has 43 heavy (non-hydrogen) atoms. The first-order chi connectivity index (χ1) is 21.0. The standard InChI is InChI=1S/C34H34ClN5O3/c1-2-24-10-12-25(13-11-24)33-36-29-7-5-9-31(32(29)37-33)39-20-18-38(19-21-39)22-23-43-27-16-14-26(15-17-27)40(34(41)42)30-8-4-3-6-28(30)35/h3-17H,2,18-23H2,1H3,(H,36,37)(H,41,42). The Morgan fingerprint density at radius 1 is 0.953 bits per heavy atom. The van der Waals surface area contributed by atoms with E-state index in [1.807, 2.05) is 0 Å². The molecule has 0 atom stereocenters. The minimum Gasteiger partial charge on any atom is -0.492 e. The second-order valence-corrected chi connectivity index (χ2v) is 11.0. The van der Waals surface area contributed by atoms with Gasteiger partial charge < -0.3 is 19.7 Å². The van der Waals surface area contributed by atoms with Crippen LogP contribution in [0.15, 0.2) is 91.0 Å². The molecule has 0 bridgehead atoms. The van der Waals surface area contributed by atoms with Gasteiger partial charge in [0.05, 0.1) is 27.6 Å². The molecule has 0 saturated carbocycles. The van der Waals surface area contributed by atoms with Crippen LogP contribution in [0.4, 0.5) is 21.9 Å². The highest BCUT2D eigenvalue weighted by Crippen LogP contribution is 2.33. The molecule has 1 aliphatic heterocycles. The monoisotopic (exact) mass is 595 g/mol. The fraction of sp³-hybridized carbons (Fsp3) is 0.235. The number of rotatable bonds is 9. The van der Waals surface area contributed by atoms with Crippen molar-refractivity contribution in [3.63, 3.8) is 0 Å². The number of carbonyl (C=O) groups is 1. The summed E-state index contributed by atoms with van der Waals surface area (Å²) in [5.74, 6) is 1.59. The van der Waals surface area contributed by atoms with E-state index in [4.69, 9.17) is 21.3 Å². The summed E-state index contributed by atoms with van der Waals surface area (Å²) in [6, 6.07) is 28.9. The minimum absolute atomic E-state index is 0.369. The van der Waals surface area contributed by atoms with Crippen LogP contribution in [0.25, 0.3) is 22.4 Å². The SMILES string of the molecule is CCc1ccc(-c2nc3c(N4CCN(CCOc5ccc(N(C(=O)O)c6ccccc6Cl)cc5)CC4)cccc3[nH]2)cc1. The quantitative estimate of drug-likeness (QED) is 0.184. The maximum Gasteiger partial charge on any atom is 0.416 e. The Kier molecular flexibility index (Phi) is 8.49. The van der Waals surface area contributed by atoms with Gasteiger partial charge in [-0.2, -0.15) is 0 Å². The van der Waals surface area contributed by atoms with Crippen molar-refractivity contribution in [3.05, 3.63) is 102 Å². The van der Waals surface area contributed by atoms with Crippen molar-refractivity contribution in [1.29, 1.82) is 0 Å². The molecule has 6 rings (SSSR count). The molecule has 9 heteroatoms. The number of aromatic nitrogens is 2. The summed E-state index contributed by atoms with van der Waals surface area (Å²) in [6.07, 6.45) is -0.0827. The zero-order valence-electron chi connectivity index (χ0n) is 24.0. The van der Waals surface area contributed by atoms with Gasteiger partial charge in [0, 0.05) is 38.3 Å². The lowest BCUT2D eigenvalue weighted by atomic mass is 10.1. The smallest absolute Gasteiger partial charge is 0.416 e. The zero-order valence-corrected chi connectivity index (χ0v) is 24.8. The van der Waals surface area contributed by atoms with E-state index in [-0.39, 0.29) is 0 Å². The number of hydrogen-bond acceptors (Lipinski definition) is 5. The summed E-state index contributed by atoms with van der Waals surface area (Å²) in [6.45, 7) is 7.20. The van der Waals surface area contributed by atoms with Crippen LogP contribution in [0.5, 0.6) is 5.75 Å². The number of ether oxygens (including phenoxy) is 1. The third kappa shape index (κ3) is 6.30. The highest BCUT2D eigenvalue weighted by Gasteiger charge is 2.21. The summed E-state index contributed by atoms with van der Waals surface area (Å²) in [4.78, 5) is 26.4. The molecule has 1 amide bonds. The number of aryl methyl sites for hydroxylation is 1. The van der Waals surface area contributed by atoms with Crippen LogP contribution in [0.1, 0.15) is 12.5 Å². The number of piperazine rings is 1. The van der Waals surface area contributed by atoms with Crippen molar-refractivity contribution >= 4 is 45.8 Å². The van der Waals surface area contributed by atoms with E-state index in [9.17, 15) is 9.90 Å². The van der Waals surface area contributed by atoms with Crippen LogP contribution in [0.2, 0.25) is 5.02 Å². The van der Waals surface area contributed by atoms with Crippen molar-refractivity contribution in [2.45, 2.75) is 13.3 Å². The maximum absolute atomic E-state index is 12.0. The Morgan fingerprint density at radius 3 is 2.40 bits per heavy atom. The van der Waals surface area contributed by atoms with Crippen LogP contribution in [0.3, 0.4) is 0 Å². The third-order valence-electron chi connectivity index (χ3n) is 7.90. The van der Waals surface area contributed by atoms with Crippen molar-refractivity contribution < 1.29 is 14.6 Å². The summed E-state index contributed by atoms with van der Waals surface area (Å²) in [5.41, 5.74) is 6.54. The first-order valence-corrected chi connectivity index (χ1v) is 14.9. The van der Waals surface area contributed by atoms with Gasteiger partial charge in [0.2, 0.25) is 0 Å². The Morgan fingerprint density at radius 2 is 1.70 bits per heavy atom. The zero-order chi connectivity index (χ0) is 29.8. The van der Waals surface area contributed by atoms with Crippen molar-refractivity contribution in [3.8, 4) is 17.1 Å². The number of para-hydroxylation sites is 2. The average Bonchev–Trinajstić information content (AvgIpc) is 3.48. The number of nitrogens with one attached hydrogen (secondary N) is 1. The Hall–Kier alpha value is -4.53. The van der Waals surface area contributed by atoms with Gasteiger partial charge in [-0.25, -0.2) is 14.7 Å². The van der Waals surface area contributed by atoms with E-state index in [1.54, 1.807) is 48.5 Å². The molecule has 0 spiro atoms. The molecule has 4 aromatic carbocycles. The Balaban J connectivity index is 1.03. The summed E-state index contributed by atoms with van der Waals surface area (Å²) in [5, 5.41) is 10.2. The van der Waals surface area contributed by atoms with Gasteiger partial charge in [-0.3, -0.25) is 4.90 Å². The molecule has 1 saturated heterocycles. The van der Waals surface area contributed by atoms with Crippen molar-refractivity contribution in [1.82, 2.24) is 14.9 Å². The molecule has 1 aliphatic rings. The van der Waals surface area contributed by atoms with Crippen LogP contribution in [-0.2, 0) is 6.42 Å². The molecule has 8 nitrogen and oxygen atoms in total. The van der Waals surface area contributed by atoms with E-state index in [1.165, 1.54) is 10.5 Å². The largest absolute Gasteiger partial charge is 0.492 e. The molecule has 5 aromatic rings. The lowest BCUT2D eigenvalue weighted by Gasteiger charge is -2.36. The number of H-pyrrole nitrogens is 1. The first kappa shape index (κ1) is 28.6. The predicted octanol–water partition coefficient (Wildman–Crippen LogP) is 7.46. The molecule has 0 radical (unpaired) electrons. The molecule has 1 aromatic heterocycles. The van der Waals surface area contributed by atoms with E-state index >= 15 is 0 Å². The molecule has 0 unspecified atom stereocenters. The van der Waals surface area contributed by atoms with E-state index in [2.05, 4.69) is 64.2 Å². The highest BCUT2D eigenvalue weighted by molar-refractivity contribution is 6.34. The fourth-order valence-electron chi connectivity index (χ4n) is 5.49. The molecular formula is C34H34ClN5O3. The van der Waals surface area contributed by atoms with Crippen LogP contribution < -0.4 is 14.5 Å². The van der Waals surface area contributed by atoms with E-state index in [0.717, 1.165) is 67.3 Å². The van der Waals surface area contributed by atoms with Crippen LogP contribution >= 0.6 is 11.6 Å². The number of carboxylic acid groups (broad SMARTS) is 1. The van der Waals surface area contributed by atoms with E-state index < -0.39 is 6.09 Å². The minimum atomic E-state index is -1.11. The van der Waals surface area contributed by atoms with Gasteiger partial charge >= 0.3 is 6.09 Å². The number of aromatic amines is 1. The second-order valence-electron chi connectivity index (χ2n) is 10.5. The first-order valence-electron chi connectivity index (χ1n) is 14.6. The third-order valence-corrected chi connectivity index (χ3v) is 8.22. The Labute approximate surface area is 256 Å². The number of halogens is 1. The van der Waals surface area contributed by atoms with Crippen LogP contribution in [0, 0.1) is 0 Å². The number of anilines is 3. The van der Waals surface area contributed by atoms with Gasteiger partial charge in [0.1, 0.15) is 23.7 Å². The fourth-order valence-corrected chi connectivity index (χ4v) is 5.71. The molecule has 2 heterocycles. The number of imidazole rings is 1. The van der Waals surface area contributed by atoms with Crippen LogP contribution in [-0.4, -0.2) is 65.4 Å². The number of fused-ring (bicyclic) bond motifs is 1. The molecule has 2 N–H and O–H groups in total. The average molecular weight is 596 g/mol. The van der Waals surface area contributed by atoms with Gasteiger partial charge in [0.15, 0.2) is 0 Å². The normalized spacial score (nSPS) is 13.8. The van der Waals surface area contributed by atoms with Crippen molar-refractivity contribution in [2.75, 3.05) is 49.1 Å². The summed E-state index contributed by atoms with van der Waals surface area (Å²) >= 11 is 6.25. The molecule has 1 fully saturated rings. The van der Waals surface area contributed by atoms with Gasteiger partial charge in [-0.1, -0.05) is 61.0 Å². The second kappa shape index (κ2) is 12.8. The lowest BCUT2D eigenvalue weighted by molar-refractivity contribution is 0.200. The Bertz CT molecular complexity index is 1700. The summed E-state index contributed by atoms with van der Waals surface area (Å²) < 4.78 is 6.00. The topological polar surface area (TPSA) is 84.9 Å². The molecule has 220 valence electrons. The van der Waals surface area contributed by atoms with E-state index in [0.29, 0.717) is 28.8 Å². The predicted molar refractivity (Wildman–Crippen MR) is 173 cm³/mol. The number of amides is 1. The van der Waals surface area contributed by atoms with Gasteiger partial charge in [-0.15, -0.1) is 0 Å². The van der Waals surface area contributed by atoms with Gasteiger partial charge in [0.25, 0.3) is 0 Å². The van der Waals surface area contributed by atoms with Crippen molar-refractivity contribution in [2.24, 2.45) is 0 Å². The summed E-state index contributed by atoms with van der Waals surface area (Å²) in [7, 11) is 0. The number of nitrogens with zero attached hydrogens (tertiary/aromatic N) is 4. The molecule has 0 aliphatic carbocycles. The van der Waals surface area contributed by atoms with Gasteiger partial charge in [-0.05, 0) is 60.5 Å². The lowest BCUT2D eigenvalue weighted by Crippen LogP contribution is -2.47.